The molecule has 0 spiro atoms. The largest absolute Gasteiger partial charge is 0.496 e. The van der Waals surface area contributed by atoms with Gasteiger partial charge in [0, 0.05) is 37.7 Å². The summed E-state index contributed by atoms with van der Waals surface area (Å²) in [5, 5.41) is 7.40. The third-order valence-corrected chi connectivity index (χ3v) is 7.00. The molecular weight excluding hydrogens is 392 g/mol. The van der Waals surface area contributed by atoms with E-state index in [1.807, 2.05) is 4.90 Å². The van der Waals surface area contributed by atoms with Crippen molar-refractivity contribution in [2.45, 2.75) is 44.6 Å². The van der Waals surface area contributed by atoms with Crippen LogP contribution in [0.3, 0.4) is 0 Å². The Morgan fingerprint density at radius 3 is 2.81 bits per heavy atom. The van der Waals surface area contributed by atoms with Gasteiger partial charge in [-0.3, -0.25) is 14.8 Å². The van der Waals surface area contributed by atoms with E-state index < -0.39 is 0 Å². The summed E-state index contributed by atoms with van der Waals surface area (Å²) in [6.45, 7) is 5.39. The quantitative estimate of drug-likeness (QED) is 0.799. The number of fused-ring (bicyclic) bond motifs is 1. The van der Waals surface area contributed by atoms with Crippen molar-refractivity contribution >= 4 is 5.91 Å². The number of piperidine rings is 1. The van der Waals surface area contributed by atoms with Crippen LogP contribution in [0.15, 0.2) is 18.3 Å². The van der Waals surface area contributed by atoms with Gasteiger partial charge in [-0.2, -0.15) is 5.10 Å². The van der Waals surface area contributed by atoms with Crippen LogP contribution in [0.1, 0.15) is 57.9 Å². The lowest BCUT2D eigenvalue weighted by Crippen LogP contribution is -2.41. The van der Waals surface area contributed by atoms with E-state index in [1.54, 1.807) is 13.3 Å². The van der Waals surface area contributed by atoms with Gasteiger partial charge in [-0.05, 0) is 55.8 Å². The number of aryl methyl sites for hydroxylation is 2. The first-order chi connectivity index (χ1) is 15.2. The zero-order valence-electron chi connectivity index (χ0n) is 18.4. The molecule has 0 saturated carbocycles. The number of morpholine rings is 1. The number of aromatic amines is 1. The summed E-state index contributed by atoms with van der Waals surface area (Å²) in [5.41, 5.74) is 5.92. The van der Waals surface area contributed by atoms with Crippen molar-refractivity contribution < 1.29 is 14.3 Å². The Kier molecular flexibility index (Phi) is 5.96. The van der Waals surface area contributed by atoms with E-state index in [9.17, 15) is 4.79 Å². The number of rotatable bonds is 5. The first kappa shape index (κ1) is 20.5. The first-order valence-corrected chi connectivity index (χ1v) is 11.5. The van der Waals surface area contributed by atoms with E-state index in [1.165, 1.54) is 29.5 Å². The zero-order valence-corrected chi connectivity index (χ0v) is 18.4. The number of carbonyl (C=O) groups excluding carboxylic acids is 1. The summed E-state index contributed by atoms with van der Waals surface area (Å²) < 4.78 is 11.1. The summed E-state index contributed by atoms with van der Waals surface area (Å²) in [6, 6.07) is 4.60. The van der Waals surface area contributed by atoms with E-state index in [0.717, 1.165) is 55.9 Å². The maximum Gasteiger partial charge on any atom is 0.257 e. The van der Waals surface area contributed by atoms with Gasteiger partial charge in [0.15, 0.2) is 0 Å². The van der Waals surface area contributed by atoms with E-state index in [4.69, 9.17) is 9.47 Å². The van der Waals surface area contributed by atoms with Crippen LogP contribution in [0.5, 0.6) is 5.75 Å². The number of amides is 1. The van der Waals surface area contributed by atoms with Gasteiger partial charge in [0.25, 0.3) is 5.91 Å². The van der Waals surface area contributed by atoms with Gasteiger partial charge in [-0.15, -0.1) is 0 Å². The minimum Gasteiger partial charge on any atom is -0.496 e. The molecule has 1 N–H and O–H groups in total. The molecule has 2 fully saturated rings. The van der Waals surface area contributed by atoms with Crippen LogP contribution in [-0.4, -0.2) is 72.4 Å². The zero-order chi connectivity index (χ0) is 21.2. The molecule has 2 aliphatic heterocycles. The van der Waals surface area contributed by atoms with Crippen molar-refractivity contribution in [3.05, 3.63) is 46.3 Å². The molecular formula is C24H32N4O3. The predicted molar refractivity (Wildman–Crippen MR) is 118 cm³/mol. The van der Waals surface area contributed by atoms with Crippen molar-refractivity contribution in [2.24, 2.45) is 0 Å². The molecule has 166 valence electrons. The van der Waals surface area contributed by atoms with Crippen molar-refractivity contribution in [1.29, 1.82) is 0 Å². The predicted octanol–water partition coefficient (Wildman–Crippen LogP) is 2.76. The fraction of sp³-hybridized carbons (Fsp3) is 0.583. The maximum atomic E-state index is 13.1. The molecule has 3 aliphatic rings. The van der Waals surface area contributed by atoms with Crippen LogP contribution >= 0.6 is 0 Å². The Labute approximate surface area is 183 Å². The summed E-state index contributed by atoms with van der Waals surface area (Å²) >= 11 is 0. The number of methoxy groups -OCH3 is 1. The van der Waals surface area contributed by atoms with Crippen LogP contribution in [0, 0.1) is 0 Å². The highest BCUT2D eigenvalue weighted by Gasteiger charge is 2.30. The molecule has 31 heavy (non-hydrogen) atoms. The van der Waals surface area contributed by atoms with Gasteiger partial charge in [0.1, 0.15) is 5.75 Å². The fourth-order valence-corrected chi connectivity index (χ4v) is 5.36. The molecule has 1 amide bonds. The Morgan fingerprint density at radius 1 is 1.19 bits per heavy atom. The Bertz CT molecular complexity index is 935. The average Bonchev–Trinajstić information content (AvgIpc) is 3.48. The highest BCUT2D eigenvalue weighted by Crippen LogP contribution is 2.33. The molecule has 0 bridgehead atoms. The summed E-state index contributed by atoms with van der Waals surface area (Å²) in [4.78, 5) is 17.4. The molecule has 0 radical (unpaired) electrons. The van der Waals surface area contributed by atoms with Gasteiger partial charge in [0.2, 0.25) is 0 Å². The van der Waals surface area contributed by atoms with Gasteiger partial charge in [0.05, 0.1) is 37.8 Å². The summed E-state index contributed by atoms with van der Waals surface area (Å²) in [7, 11) is 1.77. The second-order valence-corrected chi connectivity index (χ2v) is 8.96. The minimum absolute atomic E-state index is 0.0736. The minimum atomic E-state index is 0.0736. The number of nitrogens with zero attached hydrogens (tertiary/aromatic N) is 3. The van der Waals surface area contributed by atoms with Crippen LogP contribution in [0.4, 0.5) is 0 Å². The monoisotopic (exact) mass is 424 g/mol. The highest BCUT2D eigenvalue weighted by molar-refractivity contribution is 5.95. The van der Waals surface area contributed by atoms with E-state index in [0.29, 0.717) is 26.3 Å². The van der Waals surface area contributed by atoms with Gasteiger partial charge in [-0.1, -0.05) is 6.07 Å². The number of ether oxygens (including phenoxy) is 2. The van der Waals surface area contributed by atoms with Crippen molar-refractivity contribution in [2.75, 3.05) is 46.5 Å². The van der Waals surface area contributed by atoms with Crippen molar-refractivity contribution in [3.63, 3.8) is 0 Å². The second kappa shape index (κ2) is 9.01. The number of hydrogen-bond acceptors (Lipinski definition) is 5. The number of benzene rings is 1. The topological polar surface area (TPSA) is 70.7 Å². The molecule has 1 aromatic carbocycles. The lowest BCUT2D eigenvalue weighted by atomic mass is 9.91. The molecule has 1 atom stereocenters. The number of carbonyl (C=O) groups is 1. The number of nitrogens with one attached hydrogen (secondary N) is 1. The lowest BCUT2D eigenvalue weighted by Gasteiger charge is -2.33. The van der Waals surface area contributed by atoms with E-state index in [-0.39, 0.29) is 11.8 Å². The van der Waals surface area contributed by atoms with E-state index >= 15 is 0 Å². The smallest absolute Gasteiger partial charge is 0.257 e. The molecule has 2 saturated heterocycles. The van der Waals surface area contributed by atoms with Gasteiger partial charge >= 0.3 is 0 Å². The molecule has 0 unspecified atom stereocenters. The second-order valence-electron chi connectivity index (χ2n) is 8.96. The van der Waals surface area contributed by atoms with E-state index in [2.05, 4.69) is 27.2 Å². The molecule has 1 aliphatic carbocycles. The van der Waals surface area contributed by atoms with Crippen molar-refractivity contribution in [3.8, 4) is 5.75 Å². The lowest BCUT2D eigenvalue weighted by molar-refractivity contribution is 0.0301. The van der Waals surface area contributed by atoms with Crippen LogP contribution in [-0.2, 0) is 24.1 Å². The molecule has 2 aromatic rings. The molecule has 7 nitrogen and oxygen atoms in total. The molecule has 7 heteroatoms. The molecule has 5 rings (SSSR count). The fourth-order valence-electron chi connectivity index (χ4n) is 5.36. The number of likely N-dealkylation sites (tertiary alicyclic amines) is 1. The number of H-pyrrole nitrogens is 1. The SMILES string of the molecule is COc1cc2c(cc1CN1CCC[C@@H](c3[nH]ncc3C(=O)N3CCOCC3)C1)CCC2. The van der Waals surface area contributed by atoms with Crippen LogP contribution < -0.4 is 4.74 Å². The Morgan fingerprint density at radius 2 is 2.00 bits per heavy atom. The average molecular weight is 425 g/mol. The number of hydrogen-bond donors (Lipinski definition) is 1. The number of aromatic nitrogens is 2. The maximum absolute atomic E-state index is 13.1. The van der Waals surface area contributed by atoms with Crippen molar-refractivity contribution in [1.82, 2.24) is 20.0 Å². The van der Waals surface area contributed by atoms with Crippen LogP contribution in [0.2, 0.25) is 0 Å². The normalized spacial score (nSPS) is 21.8. The summed E-state index contributed by atoms with van der Waals surface area (Å²) in [6.07, 6.45) is 7.47. The third-order valence-electron chi connectivity index (χ3n) is 7.00. The Balaban J connectivity index is 1.31. The first-order valence-electron chi connectivity index (χ1n) is 11.5. The van der Waals surface area contributed by atoms with Gasteiger partial charge in [-0.25, -0.2) is 0 Å². The standard InChI is InChI=1S/C24H32N4O3/c1-30-22-13-18-5-2-4-17(18)12-20(22)16-27-7-3-6-19(15-27)23-21(14-25-26-23)24(29)28-8-10-31-11-9-28/h12-14,19H,2-11,15-16H2,1H3,(H,25,26)/t19-/m1/s1. The highest BCUT2D eigenvalue weighted by atomic mass is 16.5. The van der Waals surface area contributed by atoms with Gasteiger partial charge < -0.3 is 14.4 Å². The Hall–Kier alpha value is -2.38. The van der Waals surface area contributed by atoms with Crippen LogP contribution in [0.25, 0.3) is 0 Å². The third kappa shape index (κ3) is 4.21. The molecule has 1 aromatic heterocycles. The molecule has 3 heterocycles. The summed E-state index contributed by atoms with van der Waals surface area (Å²) in [5.74, 6) is 1.37.